The van der Waals surface area contributed by atoms with E-state index < -0.39 is 9.84 Å². The molecule has 0 aromatic heterocycles. The van der Waals surface area contributed by atoms with Gasteiger partial charge in [-0.05, 0) is 25.1 Å². The number of benzene rings is 1. The van der Waals surface area contributed by atoms with E-state index in [0.717, 1.165) is 24.4 Å². The molecular formula is C14H24N2O3S. The lowest BCUT2D eigenvalue weighted by molar-refractivity contribution is 0.414. The largest absolute Gasteiger partial charge is 0.495 e. The molecule has 0 fully saturated rings. The molecule has 0 radical (unpaired) electrons. The zero-order chi connectivity index (χ0) is 15.0. The Labute approximate surface area is 121 Å². The van der Waals surface area contributed by atoms with Crippen LogP contribution in [0.1, 0.15) is 13.3 Å². The van der Waals surface area contributed by atoms with Crippen molar-refractivity contribution in [1.29, 1.82) is 0 Å². The molecule has 0 aliphatic heterocycles. The molecule has 0 bridgehead atoms. The third-order valence-electron chi connectivity index (χ3n) is 3.17. The van der Waals surface area contributed by atoms with Crippen LogP contribution in [0.2, 0.25) is 0 Å². The summed E-state index contributed by atoms with van der Waals surface area (Å²) in [5, 5.41) is 0. The first-order chi connectivity index (χ1) is 9.54. The van der Waals surface area contributed by atoms with Crippen molar-refractivity contribution in [2.24, 2.45) is 5.73 Å². The second kappa shape index (κ2) is 8.11. The smallest absolute Gasteiger partial charge is 0.151 e. The molecule has 6 heteroatoms. The van der Waals surface area contributed by atoms with E-state index in [0.29, 0.717) is 13.1 Å². The van der Waals surface area contributed by atoms with Gasteiger partial charge >= 0.3 is 0 Å². The monoisotopic (exact) mass is 300 g/mol. The number of nitrogens with zero attached hydrogens (tertiary/aromatic N) is 1. The van der Waals surface area contributed by atoms with Crippen molar-refractivity contribution in [3.05, 3.63) is 24.3 Å². The Bertz CT molecular complexity index is 503. The summed E-state index contributed by atoms with van der Waals surface area (Å²) in [5.74, 6) is 1.06. The number of para-hydroxylation sites is 2. The van der Waals surface area contributed by atoms with Crippen LogP contribution in [0.25, 0.3) is 0 Å². The van der Waals surface area contributed by atoms with Crippen LogP contribution in [0, 0.1) is 0 Å². The maximum Gasteiger partial charge on any atom is 0.151 e. The van der Waals surface area contributed by atoms with Crippen LogP contribution < -0.4 is 15.4 Å². The van der Waals surface area contributed by atoms with E-state index in [4.69, 9.17) is 10.5 Å². The minimum Gasteiger partial charge on any atom is -0.495 e. The Hall–Kier alpha value is -1.27. The van der Waals surface area contributed by atoms with Crippen molar-refractivity contribution in [3.8, 4) is 5.75 Å². The predicted molar refractivity (Wildman–Crippen MR) is 83.2 cm³/mol. The summed E-state index contributed by atoms with van der Waals surface area (Å²) in [7, 11) is -1.37. The maximum atomic E-state index is 11.7. The van der Waals surface area contributed by atoms with E-state index >= 15 is 0 Å². The normalized spacial score (nSPS) is 11.3. The average molecular weight is 300 g/mol. The van der Waals surface area contributed by atoms with Gasteiger partial charge in [0.2, 0.25) is 0 Å². The Kier molecular flexibility index (Phi) is 6.81. The van der Waals surface area contributed by atoms with E-state index in [-0.39, 0.29) is 11.5 Å². The summed E-state index contributed by atoms with van der Waals surface area (Å²) >= 11 is 0. The lowest BCUT2D eigenvalue weighted by atomic mass is 10.2. The van der Waals surface area contributed by atoms with Gasteiger partial charge in [-0.15, -0.1) is 0 Å². The fraction of sp³-hybridized carbons (Fsp3) is 0.571. The van der Waals surface area contributed by atoms with Crippen molar-refractivity contribution in [3.63, 3.8) is 0 Å². The van der Waals surface area contributed by atoms with Gasteiger partial charge in [-0.3, -0.25) is 0 Å². The highest BCUT2D eigenvalue weighted by Crippen LogP contribution is 2.27. The molecule has 0 spiro atoms. The molecule has 1 aromatic carbocycles. The van der Waals surface area contributed by atoms with Crippen LogP contribution in [0.5, 0.6) is 5.75 Å². The Morgan fingerprint density at radius 1 is 1.25 bits per heavy atom. The molecule has 2 N–H and O–H groups in total. The minimum absolute atomic E-state index is 0.145. The maximum absolute atomic E-state index is 11.7. The standard InChI is InChI=1S/C14H24N2O3S/c1-3-20(17,18)12-11-16(10-6-9-15)13-7-4-5-8-14(13)19-2/h4-5,7-8H,3,6,9-12,15H2,1-2H3. The number of anilines is 1. The van der Waals surface area contributed by atoms with Crippen molar-refractivity contribution in [2.75, 3.05) is 43.1 Å². The molecule has 0 aliphatic rings. The van der Waals surface area contributed by atoms with Crippen LogP contribution in [0.3, 0.4) is 0 Å². The van der Waals surface area contributed by atoms with E-state index in [1.54, 1.807) is 14.0 Å². The van der Waals surface area contributed by atoms with Gasteiger partial charge < -0.3 is 15.4 Å². The fourth-order valence-corrected chi connectivity index (χ4v) is 2.71. The predicted octanol–water partition coefficient (Wildman–Crippen LogP) is 1.29. The molecule has 5 nitrogen and oxygen atoms in total. The molecule has 0 aliphatic carbocycles. The molecule has 114 valence electrons. The van der Waals surface area contributed by atoms with Crippen molar-refractivity contribution >= 4 is 15.5 Å². The number of methoxy groups -OCH3 is 1. The molecule has 0 heterocycles. The van der Waals surface area contributed by atoms with Crippen LogP contribution in [-0.2, 0) is 9.84 Å². The minimum atomic E-state index is -2.98. The van der Waals surface area contributed by atoms with E-state index in [1.165, 1.54) is 0 Å². The van der Waals surface area contributed by atoms with Gasteiger partial charge in [0.25, 0.3) is 0 Å². The average Bonchev–Trinajstić information content (AvgIpc) is 2.47. The zero-order valence-electron chi connectivity index (χ0n) is 12.2. The summed E-state index contributed by atoms with van der Waals surface area (Å²) in [5.41, 5.74) is 6.47. The summed E-state index contributed by atoms with van der Waals surface area (Å²) in [6.45, 7) is 3.42. The molecule has 20 heavy (non-hydrogen) atoms. The third kappa shape index (κ3) is 5.02. The first-order valence-corrected chi connectivity index (χ1v) is 8.64. The van der Waals surface area contributed by atoms with Crippen LogP contribution >= 0.6 is 0 Å². The van der Waals surface area contributed by atoms with Gasteiger partial charge in [0, 0.05) is 18.8 Å². The van der Waals surface area contributed by atoms with Gasteiger partial charge in [-0.25, -0.2) is 8.42 Å². The molecule has 0 atom stereocenters. The molecule has 1 rings (SSSR count). The Balaban J connectivity index is 2.88. The van der Waals surface area contributed by atoms with E-state index in [2.05, 4.69) is 0 Å². The van der Waals surface area contributed by atoms with Gasteiger partial charge in [-0.2, -0.15) is 0 Å². The summed E-state index contributed by atoms with van der Waals surface area (Å²) in [4.78, 5) is 2.03. The first-order valence-electron chi connectivity index (χ1n) is 6.82. The summed E-state index contributed by atoms with van der Waals surface area (Å²) in [6, 6.07) is 7.63. The molecule has 1 aromatic rings. The van der Waals surface area contributed by atoms with E-state index in [9.17, 15) is 8.42 Å². The highest BCUT2D eigenvalue weighted by molar-refractivity contribution is 7.91. The van der Waals surface area contributed by atoms with Gasteiger partial charge in [0.15, 0.2) is 9.84 Å². The highest BCUT2D eigenvalue weighted by Gasteiger charge is 2.15. The second-order valence-electron chi connectivity index (χ2n) is 4.54. The highest BCUT2D eigenvalue weighted by atomic mass is 32.2. The third-order valence-corrected chi connectivity index (χ3v) is 4.85. The number of ether oxygens (including phenoxy) is 1. The van der Waals surface area contributed by atoms with Gasteiger partial charge in [0.05, 0.1) is 18.6 Å². The molecular weight excluding hydrogens is 276 g/mol. The Morgan fingerprint density at radius 2 is 1.95 bits per heavy atom. The van der Waals surface area contributed by atoms with Crippen LogP contribution in [0.4, 0.5) is 5.69 Å². The number of nitrogens with two attached hydrogens (primary N) is 1. The van der Waals surface area contributed by atoms with Crippen LogP contribution in [0.15, 0.2) is 24.3 Å². The lowest BCUT2D eigenvalue weighted by Gasteiger charge is -2.26. The van der Waals surface area contributed by atoms with Crippen molar-refractivity contribution < 1.29 is 13.2 Å². The second-order valence-corrected chi connectivity index (χ2v) is 7.01. The number of rotatable bonds is 9. The van der Waals surface area contributed by atoms with Crippen molar-refractivity contribution in [1.82, 2.24) is 0 Å². The summed E-state index contributed by atoms with van der Waals surface area (Å²) < 4.78 is 28.7. The number of hydrogen-bond donors (Lipinski definition) is 1. The molecule has 0 amide bonds. The Morgan fingerprint density at radius 3 is 2.55 bits per heavy atom. The SMILES string of the molecule is CCS(=O)(=O)CCN(CCCN)c1ccccc1OC. The fourth-order valence-electron chi connectivity index (χ4n) is 1.92. The number of hydrogen-bond acceptors (Lipinski definition) is 5. The zero-order valence-corrected chi connectivity index (χ0v) is 13.0. The van der Waals surface area contributed by atoms with E-state index in [1.807, 2.05) is 29.2 Å². The van der Waals surface area contributed by atoms with Crippen LogP contribution in [-0.4, -0.2) is 46.7 Å². The lowest BCUT2D eigenvalue weighted by Crippen LogP contribution is -2.32. The molecule has 0 unspecified atom stereocenters. The quantitative estimate of drug-likeness (QED) is 0.744. The molecule has 0 saturated heterocycles. The molecule has 0 saturated carbocycles. The topological polar surface area (TPSA) is 72.6 Å². The number of sulfone groups is 1. The summed E-state index contributed by atoms with van der Waals surface area (Å²) in [6.07, 6.45) is 0.810. The van der Waals surface area contributed by atoms with Gasteiger partial charge in [-0.1, -0.05) is 19.1 Å². The first kappa shape index (κ1) is 16.8. The van der Waals surface area contributed by atoms with Gasteiger partial charge in [0.1, 0.15) is 5.75 Å². The van der Waals surface area contributed by atoms with Crippen molar-refractivity contribution in [2.45, 2.75) is 13.3 Å².